The van der Waals surface area contributed by atoms with E-state index in [1.54, 1.807) is 5.57 Å². The highest BCUT2D eigenvalue weighted by Crippen LogP contribution is 2.29. The Bertz CT molecular complexity index is 747. The molecule has 1 fully saturated rings. The number of hydrogen-bond acceptors (Lipinski definition) is 1. The Balaban J connectivity index is 1.78. The SMILES string of the molecule is CCC1=CC=CC(/C=C/C(/C=C/c2cccnc2)=C2CCCC2)=CC1. The summed E-state index contributed by atoms with van der Waals surface area (Å²) in [7, 11) is 0. The predicted molar refractivity (Wildman–Crippen MR) is 108 cm³/mol. The molecule has 128 valence electrons. The minimum absolute atomic E-state index is 1.06. The molecule has 1 heteroatoms. The third-order valence-electron chi connectivity index (χ3n) is 4.89. The van der Waals surface area contributed by atoms with Crippen molar-refractivity contribution >= 4 is 6.08 Å². The molecular weight excluding hydrogens is 302 g/mol. The first kappa shape index (κ1) is 17.4. The Labute approximate surface area is 151 Å². The van der Waals surface area contributed by atoms with Crippen molar-refractivity contribution in [2.45, 2.75) is 45.4 Å². The van der Waals surface area contributed by atoms with E-state index in [9.17, 15) is 0 Å². The molecular formula is C24H27N. The smallest absolute Gasteiger partial charge is 0.0340 e. The summed E-state index contributed by atoms with van der Waals surface area (Å²) < 4.78 is 0. The van der Waals surface area contributed by atoms with Gasteiger partial charge in [-0.2, -0.15) is 0 Å². The minimum atomic E-state index is 1.06. The molecule has 25 heavy (non-hydrogen) atoms. The number of hydrogen-bond donors (Lipinski definition) is 0. The van der Waals surface area contributed by atoms with Gasteiger partial charge < -0.3 is 0 Å². The van der Waals surface area contributed by atoms with Crippen molar-refractivity contribution < 1.29 is 0 Å². The third-order valence-corrected chi connectivity index (χ3v) is 4.89. The number of rotatable bonds is 5. The van der Waals surface area contributed by atoms with Crippen molar-refractivity contribution in [1.82, 2.24) is 4.98 Å². The van der Waals surface area contributed by atoms with Crippen LogP contribution in [0.15, 0.2) is 89.4 Å². The van der Waals surface area contributed by atoms with Gasteiger partial charge in [0.05, 0.1) is 0 Å². The standard InChI is InChI=1S/C24H27N/c1-2-20-7-5-8-21(13-12-20)14-16-24(23-10-3-4-11-23)17-15-22-9-6-18-25-19-22/h5-9,13-19H,2-4,10-12H2,1H3/b16-14+,17-15+. The molecule has 2 aliphatic rings. The van der Waals surface area contributed by atoms with Gasteiger partial charge in [-0.05, 0) is 61.3 Å². The van der Waals surface area contributed by atoms with Gasteiger partial charge in [-0.15, -0.1) is 0 Å². The lowest BCUT2D eigenvalue weighted by Gasteiger charge is -2.03. The summed E-state index contributed by atoms with van der Waals surface area (Å²) in [6.07, 6.45) is 28.9. The maximum atomic E-state index is 4.20. The van der Waals surface area contributed by atoms with Gasteiger partial charge in [-0.25, -0.2) is 0 Å². The molecule has 0 saturated heterocycles. The average molecular weight is 329 g/mol. The molecule has 0 atom stereocenters. The summed E-state index contributed by atoms with van der Waals surface area (Å²) in [4.78, 5) is 4.20. The Morgan fingerprint density at radius 3 is 2.76 bits per heavy atom. The molecule has 0 aromatic carbocycles. The van der Waals surface area contributed by atoms with E-state index in [4.69, 9.17) is 0 Å². The van der Waals surface area contributed by atoms with Crippen LogP contribution in [0.25, 0.3) is 6.08 Å². The Kier molecular flexibility index (Phi) is 6.39. The van der Waals surface area contributed by atoms with E-state index in [1.165, 1.54) is 42.4 Å². The Hall–Kier alpha value is -2.41. The lowest BCUT2D eigenvalue weighted by atomic mass is 10.0. The largest absolute Gasteiger partial charge is 0.264 e. The van der Waals surface area contributed by atoms with E-state index in [-0.39, 0.29) is 0 Å². The fraction of sp³-hybridized carbons (Fsp3) is 0.292. The predicted octanol–water partition coefficient (Wildman–Crippen LogP) is 6.74. The summed E-state index contributed by atoms with van der Waals surface area (Å²) in [6, 6.07) is 4.08. The molecule has 0 N–H and O–H groups in total. The van der Waals surface area contributed by atoms with Crippen LogP contribution in [0.1, 0.15) is 51.0 Å². The van der Waals surface area contributed by atoms with Gasteiger partial charge in [0, 0.05) is 12.4 Å². The second-order valence-electron chi connectivity index (χ2n) is 6.66. The average Bonchev–Trinajstić information content (AvgIpc) is 3.09. The van der Waals surface area contributed by atoms with Crippen LogP contribution in [0.2, 0.25) is 0 Å². The first-order chi connectivity index (χ1) is 12.3. The van der Waals surface area contributed by atoms with E-state index in [2.05, 4.69) is 66.6 Å². The van der Waals surface area contributed by atoms with Crippen molar-refractivity contribution in [1.29, 1.82) is 0 Å². The van der Waals surface area contributed by atoms with Gasteiger partial charge in [0.25, 0.3) is 0 Å². The number of aromatic nitrogens is 1. The van der Waals surface area contributed by atoms with Crippen LogP contribution in [0.3, 0.4) is 0 Å². The quantitative estimate of drug-likeness (QED) is 0.582. The highest BCUT2D eigenvalue weighted by molar-refractivity contribution is 5.56. The van der Waals surface area contributed by atoms with Gasteiger partial charge >= 0.3 is 0 Å². The van der Waals surface area contributed by atoms with Crippen LogP contribution >= 0.6 is 0 Å². The molecule has 2 aliphatic carbocycles. The molecule has 1 aromatic heterocycles. The molecule has 1 saturated carbocycles. The minimum Gasteiger partial charge on any atom is -0.264 e. The summed E-state index contributed by atoms with van der Waals surface area (Å²) in [6.45, 7) is 2.22. The van der Waals surface area contributed by atoms with Crippen LogP contribution < -0.4 is 0 Å². The molecule has 0 amide bonds. The van der Waals surface area contributed by atoms with E-state index in [1.807, 2.05) is 18.5 Å². The normalized spacial score (nSPS) is 17.9. The maximum absolute atomic E-state index is 4.20. The van der Waals surface area contributed by atoms with E-state index < -0.39 is 0 Å². The number of nitrogens with zero attached hydrogens (tertiary/aromatic N) is 1. The van der Waals surface area contributed by atoms with Crippen molar-refractivity contribution in [2.75, 3.05) is 0 Å². The molecule has 0 aliphatic heterocycles. The van der Waals surface area contributed by atoms with Crippen LogP contribution in [0, 0.1) is 0 Å². The molecule has 1 aromatic rings. The fourth-order valence-electron chi connectivity index (χ4n) is 3.29. The lowest BCUT2D eigenvalue weighted by molar-refractivity contribution is 0.886. The van der Waals surface area contributed by atoms with Gasteiger partial charge in [0.2, 0.25) is 0 Å². The van der Waals surface area contributed by atoms with Gasteiger partial charge in [-0.1, -0.05) is 72.7 Å². The monoisotopic (exact) mass is 329 g/mol. The first-order valence-corrected chi connectivity index (χ1v) is 9.39. The van der Waals surface area contributed by atoms with Crippen LogP contribution in [0.5, 0.6) is 0 Å². The Morgan fingerprint density at radius 1 is 1.16 bits per heavy atom. The summed E-state index contributed by atoms with van der Waals surface area (Å²) >= 11 is 0. The lowest BCUT2D eigenvalue weighted by Crippen LogP contribution is -1.83. The zero-order valence-corrected chi connectivity index (χ0v) is 15.1. The third kappa shape index (κ3) is 5.29. The Morgan fingerprint density at radius 2 is 2.00 bits per heavy atom. The van der Waals surface area contributed by atoms with Crippen LogP contribution in [0.4, 0.5) is 0 Å². The number of pyridine rings is 1. The number of allylic oxidation sites excluding steroid dienone is 11. The zero-order chi connectivity index (χ0) is 17.3. The molecule has 0 radical (unpaired) electrons. The molecule has 0 bridgehead atoms. The van der Waals surface area contributed by atoms with Crippen molar-refractivity contribution in [3.63, 3.8) is 0 Å². The molecule has 3 rings (SSSR count). The first-order valence-electron chi connectivity index (χ1n) is 9.39. The second kappa shape index (κ2) is 9.17. The van der Waals surface area contributed by atoms with Crippen LogP contribution in [-0.2, 0) is 0 Å². The summed E-state index contributed by atoms with van der Waals surface area (Å²) in [5.74, 6) is 0. The van der Waals surface area contributed by atoms with E-state index >= 15 is 0 Å². The van der Waals surface area contributed by atoms with E-state index in [0.29, 0.717) is 0 Å². The summed E-state index contributed by atoms with van der Waals surface area (Å²) in [5, 5.41) is 0. The molecule has 0 unspecified atom stereocenters. The van der Waals surface area contributed by atoms with Crippen molar-refractivity contribution in [2.24, 2.45) is 0 Å². The summed E-state index contributed by atoms with van der Waals surface area (Å²) in [5.41, 5.74) is 6.89. The highest BCUT2D eigenvalue weighted by atomic mass is 14.6. The highest BCUT2D eigenvalue weighted by Gasteiger charge is 2.09. The molecule has 1 heterocycles. The molecule has 0 spiro atoms. The van der Waals surface area contributed by atoms with E-state index in [0.717, 1.165) is 18.4 Å². The maximum Gasteiger partial charge on any atom is 0.0340 e. The topological polar surface area (TPSA) is 12.9 Å². The van der Waals surface area contributed by atoms with Gasteiger partial charge in [0.1, 0.15) is 0 Å². The van der Waals surface area contributed by atoms with Gasteiger partial charge in [0.15, 0.2) is 0 Å². The second-order valence-corrected chi connectivity index (χ2v) is 6.66. The molecule has 1 nitrogen and oxygen atoms in total. The van der Waals surface area contributed by atoms with Crippen molar-refractivity contribution in [3.05, 3.63) is 94.9 Å². The van der Waals surface area contributed by atoms with Gasteiger partial charge in [-0.3, -0.25) is 4.98 Å². The van der Waals surface area contributed by atoms with Crippen molar-refractivity contribution in [3.8, 4) is 0 Å². The zero-order valence-electron chi connectivity index (χ0n) is 15.1. The van der Waals surface area contributed by atoms with Crippen LogP contribution in [-0.4, -0.2) is 4.98 Å². The fourth-order valence-corrected chi connectivity index (χ4v) is 3.29.